The zero-order chi connectivity index (χ0) is 17.6. The Labute approximate surface area is 143 Å². The minimum Gasteiger partial charge on any atom is -0.354 e. The number of carbonyl (C=O) groups is 1. The molecule has 0 radical (unpaired) electrons. The molecule has 0 bridgehead atoms. The van der Waals surface area contributed by atoms with E-state index in [1.165, 1.54) is 0 Å². The third kappa shape index (κ3) is 4.83. The van der Waals surface area contributed by atoms with Crippen LogP contribution in [0.2, 0.25) is 0 Å². The second-order valence-corrected chi connectivity index (χ2v) is 7.46. The van der Waals surface area contributed by atoms with E-state index >= 15 is 0 Å². The SMILES string of the molecule is C[C@H](C(=O)NCCc1ccccc1)N(c1ccccc1)S(C)(=O)=O. The molecular weight excluding hydrogens is 324 g/mol. The van der Waals surface area contributed by atoms with Gasteiger partial charge in [0.15, 0.2) is 0 Å². The van der Waals surface area contributed by atoms with Crippen molar-refractivity contribution < 1.29 is 13.2 Å². The summed E-state index contributed by atoms with van der Waals surface area (Å²) in [5.74, 6) is -0.319. The first-order valence-corrected chi connectivity index (χ1v) is 9.60. The smallest absolute Gasteiger partial charge is 0.243 e. The van der Waals surface area contributed by atoms with E-state index in [9.17, 15) is 13.2 Å². The molecule has 0 aliphatic rings. The fourth-order valence-corrected chi connectivity index (χ4v) is 3.68. The first-order chi connectivity index (χ1) is 11.4. The minimum absolute atomic E-state index is 0.319. The monoisotopic (exact) mass is 346 g/mol. The fourth-order valence-electron chi connectivity index (χ4n) is 2.51. The van der Waals surface area contributed by atoms with Crippen LogP contribution in [0.25, 0.3) is 0 Å². The van der Waals surface area contributed by atoms with Gasteiger partial charge in [-0.3, -0.25) is 9.10 Å². The van der Waals surface area contributed by atoms with Gasteiger partial charge in [0.25, 0.3) is 0 Å². The van der Waals surface area contributed by atoms with Gasteiger partial charge >= 0.3 is 0 Å². The van der Waals surface area contributed by atoms with Crippen molar-refractivity contribution in [2.75, 3.05) is 17.1 Å². The third-order valence-electron chi connectivity index (χ3n) is 3.65. The van der Waals surface area contributed by atoms with Crippen molar-refractivity contribution in [3.63, 3.8) is 0 Å². The average Bonchev–Trinajstić information content (AvgIpc) is 2.55. The molecule has 0 heterocycles. The maximum atomic E-state index is 12.4. The van der Waals surface area contributed by atoms with Crippen molar-refractivity contribution in [2.24, 2.45) is 0 Å². The Bertz CT molecular complexity index is 761. The predicted octanol–water partition coefficient (Wildman–Crippen LogP) is 2.20. The Balaban J connectivity index is 2.04. The molecule has 0 saturated heterocycles. The molecule has 1 N–H and O–H groups in total. The largest absolute Gasteiger partial charge is 0.354 e. The summed E-state index contributed by atoms with van der Waals surface area (Å²) in [6.45, 7) is 2.05. The van der Waals surface area contributed by atoms with Gasteiger partial charge in [0.1, 0.15) is 6.04 Å². The Hall–Kier alpha value is -2.34. The van der Waals surface area contributed by atoms with Crippen LogP contribution in [0.5, 0.6) is 0 Å². The zero-order valence-corrected chi connectivity index (χ0v) is 14.7. The number of benzene rings is 2. The topological polar surface area (TPSA) is 66.5 Å². The summed E-state index contributed by atoms with van der Waals surface area (Å²) in [6, 6.07) is 17.6. The maximum absolute atomic E-state index is 12.4. The number of nitrogens with zero attached hydrogens (tertiary/aromatic N) is 1. The Morgan fingerprint density at radius 2 is 1.58 bits per heavy atom. The van der Waals surface area contributed by atoms with E-state index in [4.69, 9.17) is 0 Å². The van der Waals surface area contributed by atoms with Crippen LogP contribution in [0.3, 0.4) is 0 Å². The van der Waals surface area contributed by atoms with E-state index in [0.29, 0.717) is 18.7 Å². The van der Waals surface area contributed by atoms with E-state index in [1.54, 1.807) is 37.3 Å². The van der Waals surface area contributed by atoms with E-state index < -0.39 is 16.1 Å². The summed E-state index contributed by atoms with van der Waals surface area (Å²) in [5, 5.41) is 2.81. The van der Waals surface area contributed by atoms with E-state index in [1.807, 2.05) is 30.3 Å². The summed E-state index contributed by atoms with van der Waals surface area (Å²) >= 11 is 0. The Kier molecular flexibility index (Phi) is 5.98. The highest BCUT2D eigenvalue weighted by molar-refractivity contribution is 7.92. The normalized spacial score (nSPS) is 12.4. The van der Waals surface area contributed by atoms with Crippen LogP contribution in [0, 0.1) is 0 Å². The van der Waals surface area contributed by atoms with E-state index in [-0.39, 0.29) is 5.91 Å². The molecule has 0 saturated carbocycles. The van der Waals surface area contributed by atoms with Gasteiger partial charge in [0.2, 0.25) is 15.9 Å². The lowest BCUT2D eigenvalue weighted by atomic mass is 10.1. The van der Waals surface area contributed by atoms with Crippen molar-refractivity contribution in [3.8, 4) is 0 Å². The van der Waals surface area contributed by atoms with Crippen molar-refractivity contribution in [2.45, 2.75) is 19.4 Å². The lowest BCUT2D eigenvalue weighted by Gasteiger charge is -2.28. The molecule has 0 spiro atoms. The van der Waals surface area contributed by atoms with Crippen LogP contribution >= 0.6 is 0 Å². The second kappa shape index (κ2) is 7.97. The van der Waals surface area contributed by atoms with Crippen molar-refractivity contribution >= 4 is 21.6 Å². The van der Waals surface area contributed by atoms with Gasteiger partial charge in [-0.05, 0) is 31.0 Å². The van der Waals surface area contributed by atoms with Gasteiger partial charge in [-0.1, -0.05) is 48.5 Å². The molecule has 0 aliphatic carbocycles. The molecule has 2 aromatic carbocycles. The molecule has 2 rings (SSSR count). The van der Waals surface area contributed by atoms with Crippen molar-refractivity contribution in [3.05, 3.63) is 66.2 Å². The van der Waals surface area contributed by atoms with Crippen molar-refractivity contribution in [1.82, 2.24) is 5.32 Å². The summed E-state index contributed by atoms with van der Waals surface area (Å²) in [7, 11) is -3.57. The first-order valence-electron chi connectivity index (χ1n) is 7.75. The molecule has 1 amide bonds. The third-order valence-corrected chi connectivity index (χ3v) is 4.90. The summed E-state index contributed by atoms with van der Waals surface area (Å²) < 4.78 is 25.4. The summed E-state index contributed by atoms with van der Waals surface area (Å²) in [4.78, 5) is 12.4. The quantitative estimate of drug-likeness (QED) is 0.836. The standard InChI is InChI=1S/C18H22N2O3S/c1-15(18(21)19-14-13-16-9-5-3-6-10-16)20(24(2,22)23)17-11-7-4-8-12-17/h3-12,15H,13-14H2,1-2H3,(H,19,21)/t15-/m1/s1. The van der Waals surface area contributed by atoms with E-state index in [2.05, 4.69) is 5.32 Å². The number of anilines is 1. The lowest BCUT2D eigenvalue weighted by molar-refractivity contribution is -0.121. The molecule has 5 nitrogen and oxygen atoms in total. The highest BCUT2D eigenvalue weighted by atomic mass is 32.2. The van der Waals surface area contributed by atoms with Gasteiger partial charge in [-0.25, -0.2) is 8.42 Å². The molecule has 0 fully saturated rings. The highest BCUT2D eigenvalue weighted by Gasteiger charge is 2.28. The Morgan fingerprint density at radius 1 is 1.04 bits per heavy atom. The van der Waals surface area contributed by atoms with Gasteiger partial charge in [0.05, 0.1) is 11.9 Å². The molecule has 128 valence electrons. The van der Waals surface area contributed by atoms with Gasteiger partial charge in [-0.15, -0.1) is 0 Å². The summed E-state index contributed by atoms with van der Waals surface area (Å²) in [5.41, 5.74) is 1.60. The molecule has 0 aliphatic heterocycles. The van der Waals surface area contributed by atoms with Crippen LogP contribution in [0.1, 0.15) is 12.5 Å². The van der Waals surface area contributed by atoms with Gasteiger partial charge in [0, 0.05) is 6.54 Å². The van der Waals surface area contributed by atoms with E-state index in [0.717, 1.165) is 16.1 Å². The lowest BCUT2D eigenvalue weighted by Crippen LogP contribution is -2.48. The number of hydrogen-bond acceptors (Lipinski definition) is 3. The maximum Gasteiger partial charge on any atom is 0.243 e. The van der Waals surface area contributed by atoms with Gasteiger partial charge in [-0.2, -0.15) is 0 Å². The number of carbonyl (C=O) groups excluding carboxylic acids is 1. The first kappa shape index (κ1) is 18.0. The van der Waals surface area contributed by atoms with Crippen LogP contribution in [-0.2, 0) is 21.2 Å². The molecule has 24 heavy (non-hydrogen) atoms. The molecule has 2 aromatic rings. The fraction of sp³-hybridized carbons (Fsp3) is 0.278. The minimum atomic E-state index is -3.57. The van der Waals surface area contributed by atoms with Crippen LogP contribution < -0.4 is 9.62 Å². The van der Waals surface area contributed by atoms with Crippen LogP contribution in [-0.4, -0.2) is 33.2 Å². The number of para-hydroxylation sites is 1. The number of hydrogen-bond donors (Lipinski definition) is 1. The number of amides is 1. The average molecular weight is 346 g/mol. The number of sulfonamides is 1. The number of rotatable bonds is 7. The van der Waals surface area contributed by atoms with Gasteiger partial charge < -0.3 is 5.32 Å². The molecule has 0 unspecified atom stereocenters. The molecular formula is C18H22N2O3S. The molecule has 6 heteroatoms. The van der Waals surface area contributed by atoms with Crippen LogP contribution in [0.15, 0.2) is 60.7 Å². The second-order valence-electron chi connectivity index (χ2n) is 5.60. The zero-order valence-electron chi connectivity index (χ0n) is 13.8. The number of nitrogens with one attached hydrogen (secondary N) is 1. The van der Waals surface area contributed by atoms with Crippen molar-refractivity contribution in [1.29, 1.82) is 0 Å². The molecule has 1 atom stereocenters. The van der Waals surface area contributed by atoms with Crippen LogP contribution in [0.4, 0.5) is 5.69 Å². The Morgan fingerprint density at radius 3 is 2.12 bits per heavy atom. The molecule has 0 aromatic heterocycles. The summed E-state index contributed by atoms with van der Waals surface area (Å²) in [6.07, 6.45) is 1.80. The highest BCUT2D eigenvalue weighted by Crippen LogP contribution is 2.20. The predicted molar refractivity (Wildman–Crippen MR) is 96.4 cm³/mol.